The second-order valence-corrected chi connectivity index (χ2v) is 3.39. The Hall–Kier alpha value is -1.43. The van der Waals surface area contributed by atoms with Crippen LogP contribution in [0.1, 0.15) is 11.5 Å². The third kappa shape index (κ3) is 1.67. The summed E-state index contributed by atoms with van der Waals surface area (Å²) >= 11 is 1.07. The van der Waals surface area contributed by atoms with Gasteiger partial charge in [0.15, 0.2) is 0 Å². The van der Waals surface area contributed by atoms with Crippen molar-refractivity contribution < 1.29 is 4.52 Å². The van der Waals surface area contributed by atoms with Gasteiger partial charge in [-0.2, -0.15) is 5.10 Å². The van der Waals surface area contributed by atoms with Crippen LogP contribution in [0.5, 0.6) is 0 Å². The third-order valence-electron chi connectivity index (χ3n) is 1.54. The van der Waals surface area contributed by atoms with E-state index in [1.165, 1.54) is 10.2 Å². The zero-order chi connectivity index (χ0) is 9.26. The fraction of sp³-hybridized carbons (Fsp3) is 0.286. The Morgan fingerprint density at radius 2 is 2.54 bits per heavy atom. The SMILES string of the molecule is Cc1cc(Cn2ncsc2=O)no1. The van der Waals surface area contributed by atoms with E-state index in [9.17, 15) is 4.79 Å². The molecule has 5 nitrogen and oxygen atoms in total. The molecule has 0 unspecified atom stereocenters. The molecule has 2 heterocycles. The van der Waals surface area contributed by atoms with Crippen LogP contribution in [0, 0.1) is 6.92 Å². The molecule has 0 N–H and O–H groups in total. The molecule has 68 valence electrons. The zero-order valence-corrected chi connectivity index (χ0v) is 7.74. The van der Waals surface area contributed by atoms with Crippen LogP contribution in [0.2, 0.25) is 0 Å². The van der Waals surface area contributed by atoms with E-state index >= 15 is 0 Å². The second-order valence-electron chi connectivity index (χ2n) is 2.59. The number of nitrogens with zero attached hydrogens (tertiary/aromatic N) is 3. The van der Waals surface area contributed by atoms with Gasteiger partial charge < -0.3 is 4.52 Å². The first-order valence-corrected chi connectivity index (χ1v) is 4.56. The van der Waals surface area contributed by atoms with Crippen LogP contribution < -0.4 is 4.87 Å². The molecule has 0 atom stereocenters. The highest BCUT2D eigenvalue weighted by Crippen LogP contribution is 2.02. The molecular formula is C7H7N3O2S. The van der Waals surface area contributed by atoms with E-state index in [0.29, 0.717) is 12.2 Å². The number of hydrogen-bond donors (Lipinski definition) is 0. The van der Waals surface area contributed by atoms with Gasteiger partial charge in [0.25, 0.3) is 0 Å². The molecule has 2 aromatic heterocycles. The fourth-order valence-corrected chi connectivity index (χ4v) is 1.47. The molecular weight excluding hydrogens is 190 g/mol. The summed E-state index contributed by atoms with van der Waals surface area (Å²) < 4.78 is 6.21. The molecule has 2 aromatic rings. The molecule has 0 aromatic carbocycles. The Morgan fingerprint density at radius 1 is 1.69 bits per heavy atom. The second kappa shape index (κ2) is 3.14. The van der Waals surface area contributed by atoms with Gasteiger partial charge in [0, 0.05) is 6.07 Å². The van der Waals surface area contributed by atoms with Crippen LogP contribution in [0.3, 0.4) is 0 Å². The van der Waals surface area contributed by atoms with Crippen LogP contribution in [0.4, 0.5) is 0 Å². The maximum absolute atomic E-state index is 11.1. The molecule has 0 saturated carbocycles. The van der Waals surface area contributed by atoms with E-state index in [-0.39, 0.29) is 4.87 Å². The first-order valence-electron chi connectivity index (χ1n) is 3.68. The summed E-state index contributed by atoms with van der Waals surface area (Å²) in [6.45, 7) is 2.18. The number of hydrogen-bond acceptors (Lipinski definition) is 5. The summed E-state index contributed by atoms with van der Waals surface area (Å²) in [5.74, 6) is 0.735. The number of aromatic nitrogens is 3. The summed E-state index contributed by atoms with van der Waals surface area (Å²) in [6, 6.07) is 1.78. The molecule has 6 heteroatoms. The molecule has 0 amide bonds. The van der Waals surface area contributed by atoms with E-state index in [0.717, 1.165) is 17.1 Å². The first kappa shape index (κ1) is 8.18. The summed E-state index contributed by atoms with van der Waals surface area (Å²) in [4.78, 5) is 11.0. The van der Waals surface area contributed by atoms with Gasteiger partial charge in [-0.3, -0.25) is 4.79 Å². The summed E-state index contributed by atoms with van der Waals surface area (Å²) in [7, 11) is 0. The zero-order valence-electron chi connectivity index (χ0n) is 6.93. The normalized spacial score (nSPS) is 10.5. The van der Waals surface area contributed by atoms with E-state index in [1.54, 1.807) is 13.0 Å². The standard InChI is InChI=1S/C7H7N3O2S/c1-5-2-6(9-12-5)3-10-7(11)13-4-8-10/h2,4H,3H2,1H3. The average Bonchev–Trinajstić information content (AvgIpc) is 2.64. The summed E-state index contributed by atoms with van der Waals surface area (Å²) in [6.07, 6.45) is 0. The van der Waals surface area contributed by atoms with Gasteiger partial charge in [-0.05, 0) is 6.92 Å². The Balaban J connectivity index is 2.24. The van der Waals surface area contributed by atoms with Crippen molar-refractivity contribution in [3.05, 3.63) is 32.7 Å². The Labute approximate surface area is 77.6 Å². The monoisotopic (exact) mass is 197 g/mol. The van der Waals surface area contributed by atoms with Gasteiger partial charge in [0.1, 0.15) is 17.0 Å². The van der Waals surface area contributed by atoms with Crippen molar-refractivity contribution in [3.8, 4) is 0 Å². The molecule has 0 aliphatic rings. The van der Waals surface area contributed by atoms with Crippen LogP contribution in [-0.2, 0) is 6.54 Å². The molecule has 0 aliphatic heterocycles. The molecule has 0 radical (unpaired) electrons. The van der Waals surface area contributed by atoms with Gasteiger partial charge >= 0.3 is 4.87 Å². The van der Waals surface area contributed by atoms with Crippen LogP contribution in [-0.4, -0.2) is 14.9 Å². The van der Waals surface area contributed by atoms with Gasteiger partial charge in [-0.25, -0.2) is 4.68 Å². The highest BCUT2D eigenvalue weighted by atomic mass is 32.1. The predicted molar refractivity (Wildman–Crippen MR) is 46.7 cm³/mol. The van der Waals surface area contributed by atoms with Crippen LogP contribution in [0.15, 0.2) is 20.9 Å². The molecule has 0 saturated heterocycles. The van der Waals surface area contributed by atoms with Crippen LogP contribution in [0.25, 0.3) is 0 Å². The van der Waals surface area contributed by atoms with Crippen molar-refractivity contribution >= 4 is 11.3 Å². The van der Waals surface area contributed by atoms with Crippen molar-refractivity contribution in [2.75, 3.05) is 0 Å². The van der Waals surface area contributed by atoms with Gasteiger partial charge in [-0.1, -0.05) is 16.5 Å². The molecule has 0 aliphatic carbocycles. The minimum Gasteiger partial charge on any atom is -0.361 e. The highest BCUT2D eigenvalue weighted by molar-refractivity contribution is 7.06. The maximum atomic E-state index is 11.1. The van der Waals surface area contributed by atoms with Gasteiger partial charge in [0.05, 0.1) is 6.54 Å². The molecule has 13 heavy (non-hydrogen) atoms. The quantitative estimate of drug-likeness (QED) is 0.709. The smallest absolute Gasteiger partial charge is 0.325 e. The van der Waals surface area contributed by atoms with E-state index in [1.807, 2.05) is 0 Å². The molecule has 0 fully saturated rings. The Bertz CT molecular complexity index is 456. The number of aryl methyl sites for hydroxylation is 1. The molecule has 0 spiro atoms. The van der Waals surface area contributed by atoms with Gasteiger partial charge in [-0.15, -0.1) is 0 Å². The van der Waals surface area contributed by atoms with Crippen molar-refractivity contribution in [3.63, 3.8) is 0 Å². The fourth-order valence-electron chi connectivity index (χ4n) is 0.985. The topological polar surface area (TPSA) is 60.9 Å². The molecule has 2 rings (SSSR count). The summed E-state index contributed by atoms with van der Waals surface area (Å²) in [5.41, 5.74) is 2.22. The lowest BCUT2D eigenvalue weighted by atomic mass is 10.4. The average molecular weight is 197 g/mol. The van der Waals surface area contributed by atoms with E-state index in [2.05, 4.69) is 10.3 Å². The highest BCUT2D eigenvalue weighted by Gasteiger charge is 2.03. The minimum atomic E-state index is -0.0827. The van der Waals surface area contributed by atoms with Crippen molar-refractivity contribution in [1.29, 1.82) is 0 Å². The lowest BCUT2D eigenvalue weighted by molar-refractivity contribution is 0.387. The minimum absolute atomic E-state index is 0.0827. The van der Waals surface area contributed by atoms with Crippen molar-refractivity contribution in [2.45, 2.75) is 13.5 Å². The van der Waals surface area contributed by atoms with Gasteiger partial charge in [0.2, 0.25) is 0 Å². The summed E-state index contributed by atoms with van der Waals surface area (Å²) in [5, 5.41) is 7.62. The van der Waals surface area contributed by atoms with E-state index < -0.39 is 0 Å². The predicted octanol–water partition coefficient (Wildman–Crippen LogP) is 0.650. The first-order chi connectivity index (χ1) is 6.25. The Kier molecular flexibility index (Phi) is 1.97. The maximum Gasteiger partial charge on any atom is 0.325 e. The lowest BCUT2D eigenvalue weighted by Gasteiger charge is -1.91. The van der Waals surface area contributed by atoms with E-state index in [4.69, 9.17) is 4.52 Å². The van der Waals surface area contributed by atoms with Crippen LogP contribution >= 0.6 is 11.3 Å². The molecule has 0 bridgehead atoms. The lowest BCUT2D eigenvalue weighted by Crippen LogP contribution is -2.15. The number of rotatable bonds is 2. The van der Waals surface area contributed by atoms with Crippen molar-refractivity contribution in [1.82, 2.24) is 14.9 Å². The third-order valence-corrected chi connectivity index (χ3v) is 2.15. The Morgan fingerprint density at radius 3 is 3.08 bits per heavy atom. The van der Waals surface area contributed by atoms with Crippen molar-refractivity contribution in [2.24, 2.45) is 0 Å². The largest absolute Gasteiger partial charge is 0.361 e.